The van der Waals surface area contributed by atoms with E-state index in [0.717, 1.165) is 32.1 Å². The van der Waals surface area contributed by atoms with Gasteiger partial charge in [-0.1, -0.05) is 30.3 Å². The summed E-state index contributed by atoms with van der Waals surface area (Å²) in [5.74, 6) is 0.610. The summed E-state index contributed by atoms with van der Waals surface area (Å²) in [7, 11) is -0.00586. The van der Waals surface area contributed by atoms with Crippen LogP contribution in [0.25, 0.3) is 0 Å². The molecular weight excluding hydrogens is 284 g/mol. The van der Waals surface area contributed by atoms with Crippen LogP contribution in [0, 0.1) is 5.92 Å². The lowest BCUT2D eigenvalue weighted by molar-refractivity contribution is 0.182. The first-order chi connectivity index (χ1) is 9.98. The van der Waals surface area contributed by atoms with Crippen LogP contribution in [-0.4, -0.2) is 43.2 Å². The van der Waals surface area contributed by atoms with E-state index in [2.05, 4.69) is 24.3 Å². The molecular formula is C16H24N2O2S. The average Bonchev–Trinajstić information content (AvgIpc) is 2.73. The van der Waals surface area contributed by atoms with Gasteiger partial charge in [0.05, 0.1) is 0 Å². The number of nitrogens with zero attached hydrogens (tertiary/aromatic N) is 2. The maximum Gasteiger partial charge on any atom is 0.281 e. The van der Waals surface area contributed by atoms with Crippen molar-refractivity contribution in [1.29, 1.82) is 0 Å². The van der Waals surface area contributed by atoms with Gasteiger partial charge in [-0.25, -0.2) is 0 Å². The Morgan fingerprint density at radius 3 is 2.19 bits per heavy atom. The standard InChI is InChI=1S/C16H24N2O2S/c1-17(2)21(19,20)18-15-8-9-16(18)12-14(11-15)10-13-6-4-3-5-7-13/h3-7,14-16H,8-12H2,1-2H3. The van der Waals surface area contributed by atoms with Gasteiger partial charge in [-0.15, -0.1) is 0 Å². The summed E-state index contributed by atoms with van der Waals surface area (Å²) < 4.78 is 28.1. The molecule has 4 nitrogen and oxygen atoms in total. The molecule has 2 unspecified atom stereocenters. The number of fused-ring (bicyclic) bond motifs is 2. The zero-order valence-corrected chi connectivity index (χ0v) is 13.6. The molecule has 2 bridgehead atoms. The van der Waals surface area contributed by atoms with E-state index in [0.29, 0.717) is 5.92 Å². The lowest BCUT2D eigenvalue weighted by Gasteiger charge is -2.39. The molecule has 1 aromatic rings. The zero-order chi connectivity index (χ0) is 15.0. The van der Waals surface area contributed by atoms with Crippen molar-refractivity contribution in [2.24, 2.45) is 5.92 Å². The van der Waals surface area contributed by atoms with Crippen LogP contribution in [-0.2, 0) is 16.6 Å². The summed E-state index contributed by atoms with van der Waals surface area (Å²) >= 11 is 0. The van der Waals surface area contributed by atoms with Gasteiger partial charge in [0.2, 0.25) is 0 Å². The minimum absolute atomic E-state index is 0.199. The van der Waals surface area contributed by atoms with Crippen molar-refractivity contribution in [2.45, 2.75) is 44.2 Å². The molecule has 0 aromatic heterocycles. The van der Waals surface area contributed by atoms with Crippen molar-refractivity contribution < 1.29 is 8.42 Å². The first kappa shape index (κ1) is 15.0. The second-order valence-corrected chi connectivity index (χ2v) is 8.58. The van der Waals surface area contributed by atoms with Gasteiger partial charge < -0.3 is 0 Å². The van der Waals surface area contributed by atoms with E-state index >= 15 is 0 Å². The molecule has 5 heteroatoms. The Balaban J connectivity index is 1.72. The fraction of sp³-hybridized carbons (Fsp3) is 0.625. The molecule has 2 atom stereocenters. The Labute approximate surface area is 127 Å². The quantitative estimate of drug-likeness (QED) is 0.856. The van der Waals surface area contributed by atoms with Gasteiger partial charge in [0.25, 0.3) is 10.2 Å². The minimum Gasteiger partial charge on any atom is -0.195 e. The summed E-state index contributed by atoms with van der Waals surface area (Å²) in [6.45, 7) is 0. The molecule has 2 aliphatic heterocycles. The Kier molecular flexibility index (Phi) is 4.08. The molecule has 0 spiro atoms. The number of piperidine rings is 1. The predicted octanol–water partition coefficient (Wildman–Crippen LogP) is 2.28. The molecule has 116 valence electrons. The van der Waals surface area contributed by atoms with Crippen molar-refractivity contribution in [2.75, 3.05) is 14.1 Å². The van der Waals surface area contributed by atoms with Gasteiger partial charge in [-0.2, -0.15) is 17.0 Å². The molecule has 1 aromatic carbocycles. The molecule has 2 saturated heterocycles. The number of benzene rings is 1. The number of rotatable bonds is 4. The van der Waals surface area contributed by atoms with Gasteiger partial charge in [-0.05, 0) is 43.6 Å². The molecule has 0 amide bonds. The zero-order valence-electron chi connectivity index (χ0n) is 12.8. The van der Waals surface area contributed by atoms with Crippen LogP contribution < -0.4 is 0 Å². The average molecular weight is 308 g/mol. The molecule has 21 heavy (non-hydrogen) atoms. The molecule has 2 fully saturated rings. The third-order valence-corrected chi connectivity index (χ3v) is 6.91. The molecule has 0 aliphatic carbocycles. The van der Waals surface area contributed by atoms with Gasteiger partial charge in [0, 0.05) is 26.2 Å². The normalized spacial score (nSPS) is 30.0. The van der Waals surface area contributed by atoms with Gasteiger partial charge >= 0.3 is 0 Å². The number of hydrogen-bond donors (Lipinski definition) is 0. The summed E-state index contributed by atoms with van der Waals surface area (Å²) in [5.41, 5.74) is 1.37. The van der Waals surface area contributed by atoms with Gasteiger partial charge in [-0.3, -0.25) is 0 Å². The predicted molar refractivity (Wildman–Crippen MR) is 84.1 cm³/mol. The Morgan fingerprint density at radius 1 is 1.10 bits per heavy atom. The van der Waals surface area contributed by atoms with Crippen LogP contribution >= 0.6 is 0 Å². The summed E-state index contributed by atoms with van der Waals surface area (Å²) in [4.78, 5) is 0. The van der Waals surface area contributed by atoms with Crippen LogP contribution in [0.1, 0.15) is 31.2 Å². The van der Waals surface area contributed by atoms with E-state index in [9.17, 15) is 8.42 Å². The third kappa shape index (κ3) is 2.87. The highest BCUT2D eigenvalue weighted by atomic mass is 32.2. The van der Waals surface area contributed by atoms with Crippen molar-refractivity contribution in [3.8, 4) is 0 Å². The van der Waals surface area contributed by atoms with Gasteiger partial charge in [0.1, 0.15) is 0 Å². The second kappa shape index (κ2) is 5.71. The van der Waals surface area contributed by atoms with E-state index in [1.54, 1.807) is 18.4 Å². The lowest BCUT2D eigenvalue weighted by atomic mass is 9.87. The summed E-state index contributed by atoms with van der Waals surface area (Å²) in [6, 6.07) is 10.9. The van der Waals surface area contributed by atoms with Crippen LogP contribution in [0.5, 0.6) is 0 Å². The maximum absolute atomic E-state index is 12.5. The summed E-state index contributed by atoms with van der Waals surface area (Å²) in [5, 5.41) is 0. The third-order valence-electron chi connectivity index (χ3n) is 4.86. The molecule has 2 aliphatic rings. The Morgan fingerprint density at radius 2 is 1.67 bits per heavy atom. The largest absolute Gasteiger partial charge is 0.281 e. The van der Waals surface area contributed by atoms with Crippen LogP contribution in [0.3, 0.4) is 0 Å². The Hall–Kier alpha value is -0.910. The Bertz CT molecular complexity index is 572. The van der Waals surface area contributed by atoms with E-state index < -0.39 is 10.2 Å². The highest BCUT2D eigenvalue weighted by Crippen LogP contribution is 2.41. The van der Waals surface area contributed by atoms with Crippen LogP contribution in [0.2, 0.25) is 0 Å². The first-order valence-electron chi connectivity index (χ1n) is 7.73. The highest BCUT2D eigenvalue weighted by molar-refractivity contribution is 7.86. The monoisotopic (exact) mass is 308 g/mol. The SMILES string of the molecule is CN(C)S(=O)(=O)N1C2CCC1CC(Cc1ccccc1)C2. The summed E-state index contributed by atoms with van der Waals surface area (Å²) in [6.07, 6.45) is 5.10. The highest BCUT2D eigenvalue weighted by Gasteiger charge is 2.47. The van der Waals surface area contributed by atoms with Crippen molar-refractivity contribution >= 4 is 10.2 Å². The lowest BCUT2D eigenvalue weighted by Crippen LogP contribution is -2.50. The minimum atomic E-state index is -3.27. The van der Waals surface area contributed by atoms with E-state index in [-0.39, 0.29) is 12.1 Å². The van der Waals surface area contributed by atoms with Gasteiger partial charge in [0.15, 0.2) is 0 Å². The first-order valence-corrected chi connectivity index (χ1v) is 9.13. The van der Waals surface area contributed by atoms with Crippen LogP contribution in [0.15, 0.2) is 30.3 Å². The molecule has 0 radical (unpaired) electrons. The van der Waals surface area contributed by atoms with Crippen molar-refractivity contribution in [3.63, 3.8) is 0 Å². The number of hydrogen-bond acceptors (Lipinski definition) is 2. The van der Waals surface area contributed by atoms with Crippen LogP contribution in [0.4, 0.5) is 0 Å². The van der Waals surface area contributed by atoms with E-state index in [1.165, 1.54) is 9.87 Å². The maximum atomic E-state index is 12.5. The molecule has 2 heterocycles. The topological polar surface area (TPSA) is 40.6 Å². The molecule has 3 rings (SSSR count). The van der Waals surface area contributed by atoms with E-state index in [4.69, 9.17) is 0 Å². The smallest absolute Gasteiger partial charge is 0.195 e. The second-order valence-electron chi connectivity index (χ2n) is 6.53. The molecule has 0 saturated carbocycles. The van der Waals surface area contributed by atoms with Crippen molar-refractivity contribution in [3.05, 3.63) is 35.9 Å². The fourth-order valence-corrected chi connectivity index (χ4v) is 5.44. The fourth-order valence-electron chi connectivity index (χ4n) is 3.93. The van der Waals surface area contributed by atoms with E-state index in [1.807, 2.05) is 6.07 Å². The van der Waals surface area contributed by atoms with Crippen molar-refractivity contribution in [1.82, 2.24) is 8.61 Å². The molecule has 0 N–H and O–H groups in total.